The summed E-state index contributed by atoms with van der Waals surface area (Å²) in [5.74, 6) is 0.118. The molecule has 3 atom stereocenters. The van der Waals surface area contributed by atoms with E-state index >= 15 is 0 Å². The van der Waals surface area contributed by atoms with Crippen molar-refractivity contribution in [3.63, 3.8) is 0 Å². The lowest BCUT2D eigenvalue weighted by molar-refractivity contribution is -0.153. The number of hydrogen-bond donors (Lipinski definition) is 1. The van der Waals surface area contributed by atoms with Crippen LogP contribution in [0, 0.1) is 11.8 Å². The van der Waals surface area contributed by atoms with Gasteiger partial charge in [0.05, 0.1) is 6.10 Å². The molecule has 2 rings (SSSR count). The second-order valence-electron chi connectivity index (χ2n) is 4.89. The van der Waals surface area contributed by atoms with Gasteiger partial charge < -0.3 is 5.11 Å². The predicted molar refractivity (Wildman–Crippen MR) is 58.5 cm³/mol. The molecule has 0 aromatic carbocycles. The molecule has 4 heteroatoms. The summed E-state index contributed by atoms with van der Waals surface area (Å²) in [5, 5.41) is 9.46. The van der Waals surface area contributed by atoms with Crippen LogP contribution in [0.15, 0.2) is 0 Å². The summed E-state index contributed by atoms with van der Waals surface area (Å²) in [4.78, 5) is 25.2. The average molecular weight is 225 g/mol. The van der Waals surface area contributed by atoms with Crippen LogP contribution in [-0.2, 0) is 9.59 Å². The van der Waals surface area contributed by atoms with E-state index in [4.69, 9.17) is 0 Å². The lowest BCUT2D eigenvalue weighted by Gasteiger charge is -2.30. The Kier molecular flexibility index (Phi) is 3.28. The molecular formula is C12H19NO3. The molecule has 3 unspecified atom stereocenters. The van der Waals surface area contributed by atoms with E-state index < -0.39 is 6.10 Å². The van der Waals surface area contributed by atoms with Gasteiger partial charge in [0.1, 0.15) is 0 Å². The molecule has 2 bridgehead atoms. The molecule has 1 aliphatic carbocycles. The van der Waals surface area contributed by atoms with Gasteiger partial charge in [-0.3, -0.25) is 14.5 Å². The maximum Gasteiger partial charge on any atom is 0.232 e. The zero-order chi connectivity index (χ0) is 11.7. The van der Waals surface area contributed by atoms with E-state index in [0.717, 1.165) is 19.3 Å². The monoisotopic (exact) mass is 225 g/mol. The Labute approximate surface area is 95.6 Å². The Balaban J connectivity index is 1.97. The van der Waals surface area contributed by atoms with Crippen molar-refractivity contribution in [2.24, 2.45) is 11.8 Å². The first-order valence-electron chi connectivity index (χ1n) is 6.16. The first-order chi connectivity index (χ1) is 7.63. The highest BCUT2D eigenvalue weighted by atomic mass is 16.3. The number of likely N-dealkylation sites (tertiary alicyclic amines) is 1. The number of carbonyl (C=O) groups is 2. The maximum absolute atomic E-state index is 11.9. The lowest BCUT2D eigenvalue weighted by Crippen LogP contribution is -2.47. The maximum atomic E-state index is 11.9. The molecule has 0 aromatic rings. The van der Waals surface area contributed by atoms with E-state index in [1.54, 1.807) is 0 Å². The summed E-state index contributed by atoms with van der Waals surface area (Å²) >= 11 is 0. The van der Waals surface area contributed by atoms with Crippen molar-refractivity contribution in [1.29, 1.82) is 0 Å². The number of aliphatic hydroxyl groups excluding tert-OH is 1. The number of carbonyl (C=O) groups excluding carboxylic acids is 2. The van der Waals surface area contributed by atoms with Crippen molar-refractivity contribution in [3.8, 4) is 0 Å². The van der Waals surface area contributed by atoms with Crippen molar-refractivity contribution in [2.75, 3.05) is 6.54 Å². The van der Waals surface area contributed by atoms with E-state index in [1.165, 1.54) is 4.90 Å². The average Bonchev–Trinajstić information content (AvgIpc) is 2.73. The topological polar surface area (TPSA) is 57.6 Å². The minimum atomic E-state index is -0.403. The second-order valence-corrected chi connectivity index (χ2v) is 4.89. The van der Waals surface area contributed by atoms with Gasteiger partial charge in [-0.2, -0.15) is 0 Å². The van der Waals surface area contributed by atoms with Crippen molar-refractivity contribution in [2.45, 2.75) is 45.1 Å². The molecule has 4 nitrogen and oxygen atoms in total. The van der Waals surface area contributed by atoms with E-state index in [0.29, 0.717) is 19.4 Å². The van der Waals surface area contributed by atoms with Crippen LogP contribution in [0.3, 0.4) is 0 Å². The predicted octanol–water partition coefficient (Wildman–Crippen LogP) is 0.933. The highest BCUT2D eigenvalue weighted by Gasteiger charge is 2.44. The van der Waals surface area contributed by atoms with Crippen molar-refractivity contribution in [3.05, 3.63) is 0 Å². The summed E-state index contributed by atoms with van der Waals surface area (Å²) in [6.45, 7) is 2.29. The first kappa shape index (κ1) is 11.6. The van der Waals surface area contributed by atoms with E-state index in [1.807, 2.05) is 6.92 Å². The molecular weight excluding hydrogens is 206 g/mol. The molecule has 1 saturated heterocycles. The minimum Gasteiger partial charge on any atom is -0.393 e. The fourth-order valence-corrected chi connectivity index (χ4v) is 2.68. The molecule has 1 N–H and O–H groups in total. The van der Waals surface area contributed by atoms with E-state index in [-0.39, 0.29) is 23.7 Å². The highest BCUT2D eigenvalue weighted by Crippen LogP contribution is 2.38. The molecule has 1 saturated carbocycles. The number of rotatable bonds is 4. The third-order valence-electron chi connectivity index (χ3n) is 3.82. The van der Waals surface area contributed by atoms with Gasteiger partial charge in [-0.1, -0.05) is 6.92 Å². The number of hydrogen-bond acceptors (Lipinski definition) is 3. The van der Waals surface area contributed by atoms with Crippen LogP contribution in [0.4, 0.5) is 0 Å². The van der Waals surface area contributed by atoms with Gasteiger partial charge in [0.25, 0.3) is 0 Å². The van der Waals surface area contributed by atoms with Crippen LogP contribution in [-0.4, -0.2) is 34.5 Å². The highest BCUT2D eigenvalue weighted by molar-refractivity contribution is 6.00. The van der Waals surface area contributed by atoms with Crippen LogP contribution in [0.2, 0.25) is 0 Å². The van der Waals surface area contributed by atoms with Gasteiger partial charge in [0.15, 0.2) is 0 Å². The molecule has 0 spiro atoms. The summed E-state index contributed by atoms with van der Waals surface area (Å²) in [7, 11) is 0. The molecule has 0 aromatic heterocycles. The fraction of sp³-hybridized carbons (Fsp3) is 0.833. The molecule has 2 amide bonds. The second kappa shape index (κ2) is 4.53. The largest absolute Gasteiger partial charge is 0.393 e. The third-order valence-corrected chi connectivity index (χ3v) is 3.82. The SMILES string of the molecule is CCC(O)CCN1C(=O)C2CCC(C2)C1=O. The van der Waals surface area contributed by atoms with Crippen LogP contribution >= 0.6 is 0 Å². The molecule has 16 heavy (non-hydrogen) atoms. The Morgan fingerprint density at radius 2 is 1.88 bits per heavy atom. The molecule has 90 valence electrons. The molecule has 2 aliphatic rings. The number of nitrogens with zero attached hydrogens (tertiary/aromatic N) is 1. The minimum absolute atomic E-state index is 0.0120. The smallest absolute Gasteiger partial charge is 0.232 e. The van der Waals surface area contributed by atoms with E-state index in [9.17, 15) is 14.7 Å². The molecule has 0 radical (unpaired) electrons. The summed E-state index contributed by atoms with van der Waals surface area (Å²) < 4.78 is 0. The Bertz CT molecular complexity index is 281. The quantitative estimate of drug-likeness (QED) is 0.724. The van der Waals surface area contributed by atoms with Crippen LogP contribution in [0.1, 0.15) is 39.0 Å². The summed E-state index contributed by atoms with van der Waals surface area (Å²) in [6.07, 6.45) is 3.26. The molecule has 1 aliphatic heterocycles. The number of aliphatic hydroxyl groups is 1. The third kappa shape index (κ3) is 1.98. The Morgan fingerprint density at radius 1 is 1.31 bits per heavy atom. The number of fused-ring (bicyclic) bond motifs is 2. The van der Waals surface area contributed by atoms with Gasteiger partial charge in [-0.05, 0) is 32.1 Å². The van der Waals surface area contributed by atoms with Gasteiger partial charge in [-0.15, -0.1) is 0 Å². The summed E-state index contributed by atoms with van der Waals surface area (Å²) in [5.41, 5.74) is 0. The Morgan fingerprint density at radius 3 is 2.38 bits per heavy atom. The van der Waals surface area contributed by atoms with Gasteiger partial charge in [-0.25, -0.2) is 0 Å². The zero-order valence-electron chi connectivity index (χ0n) is 9.69. The van der Waals surface area contributed by atoms with Crippen molar-refractivity contribution < 1.29 is 14.7 Å². The van der Waals surface area contributed by atoms with Crippen molar-refractivity contribution >= 4 is 11.8 Å². The standard InChI is InChI=1S/C12H19NO3/c1-2-10(14)5-6-13-11(15)8-3-4-9(7-8)12(13)16/h8-10,14H,2-7H2,1H3. The van der Waals surface area contributed by atoms with Crippen LogP contribution in [0.5, 0.6) is 0 Å². The number of piperidine rings is 1. The van der Waals surface area contributed by atoms with Gasteiger partial charge in [0.2, 0.25) is 11.8 Å². The normalized spacial score (nSPS) is 31.0. The van der Waals surface area contributed by atoms with Gasteiger partial charge in [0, 0.05) is 18.4 Å². The fourth-order valence-electron chi connectivity index (χ4n) is 2.68. The summed E-state index contributed by atoms with van der Waals surface area (Å²) in [6, 6.07) is 0. The number of amides is 2. The zero-order valence-corrected chi connectivity index (χ0v) is 9.69. The van der Waals surface area contributed by atoms with Crippen LogP contribution < -0.4 is 0 Å². The Hall–Kier alpha value is -0.900. The van der Waals surface area contributed by atoms with E-state index in [2.05, 4.69) is 0 Å². The van der Waals surface area contributed by atoms with Gasteiger partial charge >= 0.3 is 0 Å². The first-order valence-corrected chi connectivity index (χ1v) is 6.16. The molecule has 2 fully saturated rings. The lowest BCUT2D eigenvalue weighted by atomic mass is 9.96. The van der Waals surface area contributed by atoms with Crippen LogP contribution in [0.25, 0.3) is 0 Å². The molecule has 1 heterocycles. The van der Waals surface area contributed by atoms with Crippen molar-refractivity contribution in [1.82, 2.24) is 4.90 Å². The number of imide groups is 1.